The maximum Gasteiger partial charge on any atom is 0.308 e. The number of ether oxygens (including phenoxy) is 3. The molecule has 16 nitrogen and oxygen atoms in total. The third-order valence-corrected chi connectivity index (χ3v) is 10.8. The number of rotatable bonds is 15. The van der Waals surface area contributed by atoms with Crippen LogP contribution >= 0.6 is 0 Å². The van der Waals surface area contributed by atoms with Crippen molar-refractivity contribution in [1.29, 1.82) is 0 Å². The zero-order valence-electron chi connectivity index (χ0n) is 33.1. The number of aromatic hydroxyl groups is 1. The minimum absolute atomic E-state index is 0.0386. The van der Waals surface area contributed by atoms with Crippen molar-refractivity contribution in [2.75, 3.05) is 6.61 Å². The summed E-state index contributed by atoms with van der Waals surface area (Å²) in [5, 5.41) is 94.5. The summed E-state index contributed by atoms with van der Waals surface area (Å²) >= 11 is 0. The van der Waals surface area contributed by atoms with Crippen LogP contribution in [0.15, 0.2) is 54.6 Å². The molecule has 5 atom stereocenters. The van der Waals surface area contributed by atoms with E-state index in [1.807, 2.05) is 0 Å². The average Bonchev–Trinajstić information content (AvgIpc) is 3.23. The number of hydrogen-bond donors (Lipinski definition) is 9. The SMILES string of the molecule is CC(=O)Oc1cc(CO)c2c(c1C=Cc1cccc(CC(O)CCCO)c1)C(=O)c1cc(OC3OC(C)C(O)C(O)(O)C3O)c(Cc3cccc(CO)c3C=O)c(O)c1C2=O. The van der Waals surface area contributed by atoms with Gasteiger partial charge in [-0.25, -0.2) is 0 Å². The molecule has 1 aliphatic carbocycles. The van der Waals surface area contributed by atoms with E-state index in [1.54, 1.807) is 30.3 Å². The number of benzene rings is 4. The highest BCUT2D eigenvalue weighted by Gasteiger charge is 2.54. The summed E-state index contributed by atoms with van der Waals surface area (Å²) < 4.78 is 17.0. The molecule has 2 aliphatic rings. The van der Waals surface area contributed by atoms with Gasteiger partial charge < -0.3 is 60.2 Å². The first-order valence-electron chi connectivity index (χ1n) is 19.4. The van der Waals surface area contributed by atoms with Gasteiger partial charge in [0.15, 0.2) is 24.0 Å². The predicted octanol–water partition coefficient (Wildman–Crippen LogP) is 1.85. The molecule has 1 fully saturated rings. The van der Waals surface area contributed by atoms with Gasteiger partial charge in [0, 0.05) is 53.3 Å². The molecule has 6 rings (SSSR count). The van der Waals surface area contributed by atoms with Gasteiger partial charge in [-0.05, 0) is 72.2 Å². The zero-order valence-corrected chi connectivity index (χ0v) is 33.1. The summed E-state index contributed by atoms with van der Waals surface area (Å²) in [6.45, 7) is 0.973. The average molecular weight is 843 g/mol. The number of phenols is 1. The molecule has 0 bridgehead atoms. The summed E-state index contributed by atoms with van der Waals surface area (Å²) in [4.78, 5) is 54.2. The van der Waals surface area contributed by atoms with Crippen LogP contribution in [-0.4, -0.2) is 113 Å². The summed E-state index contributed by atoms with van der Waals surface area (Å²) in [5.41, 5.74) is -0.210. The van der Waals surface area contributed by atoms with Gasteiger partial charge in [0.1, 0.15) is 23.4 Å². The van der Waals surface area contributed by atoms with Gasteiger partial charge in [-0.3, -0.25) is 19.2 Å². The van der Waals surface area contributed by atoms with Crippen LogP contribution in [0, 0.1) is 0 Å². The number of aldehydes is 1. The fourth-order valence-corrected chi connectivity index (χ4v) is 7.68. The Labute approximate surface area is 349 Å². The Balaban J connectivity index is 1.54. The summed E-state index contributed by atoms with van der Waals surface area (Å²) in [6.07, 6.45) is -4.16. The Morgan fingerprint density at radius 3 is 2.25 bits per heavy atom. The molecule has 0 amide bonds. The molecule has 0 spiro atoms. The maximum absolute atomic E-state index is 14.9. The van der Waals surface area contributed by atoms with Crippen molar-refractivity contribution < 1.29 is 79.3 Å². The number of hydrogen-bond acceptors (Lipinski definition) is 16. The lowest BCUT2D eigenvalue weighted by atomic mass is 9.77. The van der Waals surface area contributed by atoms with Gasteiger partial charge in [0.2, 0.25) is 12.1 Å². The number of carbonyl (C=O) groups is 4. The Bertz CT molecular complexity index is 2380. The molecule has 0 saturated carbocycles. The van der Waals surface area contributed by atoms with Crippen LogP contribution in [0.5, 0.6) is 17.2 Å². The molecule has 0 radical (unpaired) electrons. The van der Waals surface area contributed by atoms with Crippen LogP contribution in [0.4, 0.5) is 0 Å². The van der Waals surface area contributed by atoms with Crippen molar-refractivity contribution >= 4 is 36.0 Å². The third kappa shape index (κ3) is 8.90. The highest BCUT2D eigenvalue weighted by Crippen LogP contribution is 2.45. The Morgan fingerprint density at radius 1 is 0.869 bits per heavy atom. The van der Waals surface area contributed by atoms with E-state index in [4.69, 9.17) is 19.3 Å². The third-order valence-electron chi connectivity index (χ3n) is 10.8. The molecule has 322 valence electrons. The minimum Gasteiger partial charge on any atom is -0.507 e. The lowest BCUT2D eigenvalue weighted by Gasteiger charge is -2.44. The first-order chi connectivity index (χ1) is 29.0. The van der Waals surface area contributed by atoms with Crippen molar-refractivity contribution in [3.05, 3.63) is 121 Å². The number of aliphatic hydroxyl groups excluding tert-OH is 6. The number of ketones is 2. The van der Waals surface area contributed by atoms with Crippen molar-refractivity contribution in [3.8, 4) is 17.2 Å². The number of phenolic OH excluding ortho intramolecular Hbond substituents is 1. The number of aliphatic hydroxyl groups is 8. The van der Waals surface area contributed by atoms with Gasteiger partial charge in [-0.15, -0.1) is 0 Å². The molecule has 9 N–H and O–H groups in total. The fraction of sp³-hybridized carbons (Fsp3) is 0.333. The summed E-state index contributed by atoms with van der Waals surface area (Å²) in [5.74, 6) is -7.23. The normalized spacial score (nSPS) is 20.0. The number of esters is 1. The van der Waals surface area contributed by atoms with Crippen LogP contribution in [0.25, 0.3) is 12.2 Å². The van der Waals surface area contributed by atoms with E-state index in [9.17, 15) is 60.0 Å². The maximum atomic E-state index is 14.9. The lowest BCUT2D eigenvalue weighted by Crippen LogP contribution is -2.67. The second-order valence-electron chi connectivity index (χ2n) is 15.0. The first kappa shape index (κ1) is 44.9. The molecule has 1 saturated heterocycles. The van der Waals surface area contributed by atoms with Gasteiger partial charge in [-0.1, -0.05) is 48.5 Å². The Kier molecular flexibility index (Phi) is 13.6. The summed E-state index contributed by atoms with van der Waals surface area (Å²) in [7, 11) is 0. The molecule has 5 unspecified atom stereocenters. The van der Waals surface area contributed by atoms with E-state index < -0.39 is 96.3 Å². The molecule has 4 aromatic rings. The molecular weight excluding hydrogens is 796 g/mol. The van der Waals surface area contributed by atoms with Crippen LogP contribution in [0.1, 0.15) is 108 Å². The monoisotopic (exact) mass is 842 g/mol. The van der Waals surface area contributed by atoms with Crippen LogP contribution in [0.3, 0.4) is 0 Å². The smallest absolute Gasteiger partial charge is 0.308 e. The zero-order chi connectivity index (χ0) is 44.3. The second kappa shape index (κ2) is 18.5. The van der Waals surface area contributed by atoms with Gasteiger partial charge >= 0.3 is 5.97 Å². The first-order valence-corrected chi connectivity index (χ1v) is 19.4. The van der Waals surface area contributed by atoms with Gasteiger partial charge in [-0.2, -0.15) is 0 Å². The lowest BCUT2D eigenvalue weighted by molar-refractivity contribution is -0.371. The van der Waals surface area contributed by atoms with Crippen LogP contribution < -0.4 is 9.47 Å². The molecule has 4 aromatic carbocycles. The van der Waals surface area contributed by atoms with Crippen LogP contribution in [-0.2, 0) is 35.6 Å². The molecule has 16 heteroatoms. The van der Waals surface area contributed by atoms with Crippen molar-refractivity contribution in [3.63, 3.8) is 0 Å². The topological polar surface area (TPSA) is 278 Å². The van der Waals surface area contributed by atoms with E-state index in [-0.39, 0.29) is 63.3 Å². The highest BCUT2D eigenvalue weighted by molar-refractivity contribution is 6.31. The summed E-state index contributed by atoms with van der Waals surface area (Å²) in [6, 6.07) is 13.8. The quantitative estimate of drug-likeness (QED) is 0.0239. The largest absolute Gasteiger partial charge is 0.507 e. The van der Waals surface area contributed by atoms with E-state index in [0.717, 1.165) is 18.6 Å². The molecular formula is C45H46O16. The molecule has 1 aliphatic heterocycles. The molecule has 1 heterocycles. The van der Waals surface area contributed by atoms with Crippen molar-refractivity contribution in [2.45, 2.75) is 89.2 Å². The van der Waals surface area contributed by atoms with E-state index in [2.05, 4.69) is 0 Å². The number of fused-ring (bicyclic) bond motifs is 2. The van der Waals surface area contributed by atoms with Gasteiger partial charge in [0.25, 0.3) is 0 Å². The van der Waals surface area contributed by atoms with Crippen LogP contribution in [0.2, 0.25) is 0 Å². The van der Waals surface area contributed by atoms with Crippen molar-refractivity contribution in [2.24, 2.45) is 0 Å². The highest BCUT2D eigenvalue weighted by atomic mass is 16.7. The Hall–Kier alpha value is -5.66. The Morgan fingerprint density at radius 2 is 1.57 bits per heavy atom. The molecule has 61 heavy (non-hydrogen) atoms. The van der Waals surface area contributed by atoms with Gasteiger partial charge in [0.05, 0.1) is 31.0 Å². The standard InChI is InChI=1S/C45H46O16/c1-22-42(55)45(57,58)43(56)44(59-22)61-35-18-32-38(39(52)31(35)16-26-8-4-9-27(19-47)33(26)21-49)41(54)36-28(20-48)17-34(60-23(2)50)30(37(36)40(32)53)12-11-24-6-3-7-25(14-24)15-29(51)10-5-13-46/h3-4,6-9,11-12,14,17-18,21-22,29,42-44,46-48,51-52,55-58H,5,10,13,15-16,19-20H2,1-2H3. The predicted molar refractivity (Wildman–Crippen MR) is 215 cm³/mol. The van der Waals surface area contributed by atoms with E-state index in [0.29, 0.717) is 24.7 Å². The van der Waals surface area contributed by atoms with E-state index >= 15 is 0 Å². The van der Waals surface area contributed by atoms with Crippen molar-refractivity contribution in [1.82, 2.24) is 0 Å². The molecule has 0 aromatic heterocycles. The minimum atomic E-state index is -3.15. The van der Waals surface area contributed by atoms with E-state index in [1.165, 1.54) is 37.3 Å². The fourth-order valence-electron chi connectivity index (χ4n) is 7.68. The second-order valence-corrected chi connectivity index (χ2v) is 15.0. The number of carbonyl (C=O) groups excluding carboxylic acids is 4.